The molecule has 170 valence electrons. The first-order chi connectivity index (χ1) is 15.8. The number of pyridine rings is 2. The Morgan fingerprint density at radius 2 is 1.85 bits per heavy atom. The minimum Gasteiger partial charge on any atom is -0.387 e. The summed E-state index contributed by atoms with van der Waals surface area (Å²) in [5.74, 6) is -3.31. The van der Waals surface area contributed by atoms with Crippen molar-refractivity contribution in [3.8, 4) is 22.3 Å². The van der Waals surface area contributed by atoms with E-state index in [1.54, 1.807) is 24.5 Å². The van der Waals surface area contributed by atoms with Crippen LogP contribution in [-0.4, -0.2) is 51.0 Å². The first-order valence-electron chi connectivity index (χ1n) is 10.9. The van der Waals surface area contributed by atoms with E-state index in [0.29, 0.717) is 16.5 Å². The van der Waals surface area contributed by atoms with Gasteiger partial charge in [-0.05, 0) is 55.2 Å². The summed E-state index contributed by atoms with van der Waals surface area (Å²) in [5, 5.41) is 9.78. The molecule has 1 unspecified atom stereocenters. The van der Waals surface area contributed by atoms with Gasteiger partial charge in [0, 0.05) is 64.0 Å². The number of aliphatic hydroxyl groups is 1. The standard InChI is InChI=1S/C25H22ClF2N3O2/c26-21-10-17(24(33)31-8-6-23(32)25(27,28)14-31)3-4-20(21)19-9-18(12-29-13-19)16-5-7-30-22(11-16)15-1-2-15/h3-5,7,9-13,15,23,32H,1-2,6,8,14H2. The molecule has 8 heteroatoms. The molecular weight excluding hydrogens is 448 g/mol. The molecule has 3 aromatic rings. The Balaban J connectivity index is 1.39. The van der Waals surface area contributed by atoms with Crippen molar-refractivity contribution in [2.24, 2.45) is 0 Å². The zero-order valence-corrected chi connectivity index (χ0v) is 18.5. The van der Waals surface area contributed by atoms with Gasteiger partial charge >= 0.3 is 0 Å². The van der Waals surface area contributed by atoms with E-state index < -0.39 is 24.5 Å². The van der Waals surface area contributed by atoms with Crippen LogP contribution in [0.4, 0.5) is 8.78 Å². The van der Waals surface area contributed by atoms with Gasteiger partial charge in [0.05, 0.1) is 6.54 Å². The van der Waals surface area contributed by atoms with E-state index in [4.69, 9.17) is 11.6 Å². The lowest BCUT2D eigenvalue weighted by Gasteiger charge is -2.35. The van der Waals surface area contributed by atoms with Crippen LogP contribution in [0, 0.1) is 0 Å². The molecule has 0 bridgehead atoms. The van der Waals surface area contributed by atoms with Gasteiger partial charge in [-0.3, -0.25) is 14.8 Å². The van der Waals surface area contributed by atoms with Crippen LogP contribution in [0.3, 0.4) is 0 Å². The molecule has 1 saturated carbocycles. The molecule has 0 radical (unpaired) electrons. The maximum atomic E-state index is 13.9. The lowest BCUT2D eigenvalue weighted by atomic mass is 9.99. The largest absolute Gasteiger partial charge is 0.387 e. The van der Waals surface area contributed by atoms with Gasteiger partial charge < -0.3 is 10.0 Å². The summed E-state index contributed by atoms with van der Waals surface area (Å²) in [5.41, 5.74) is 4.75. The van der Waals surface area contributed by atoms with Gasteiger partial charge in [-0.25, -0.2) is 8.78 Å². The fourth-order valence-electron chi connectivity index (χ4n) is 4.14. The second-order valence-electron chi connectivity index (χ2n) is 8.69. The van der Waals surface area contributed by atoms with Crippen molar-refractivity contribution in [3.63, 3.8) is 0 Å². The van der Waals surface area contributed by atoms with E-state index in [-0.39, 0.29) is 18.5 Å². The van der Waals surface area contributed by atoms with E-state index in [2.05, 4.69) is 16.0 Å². The van der Waals surface area contributed by atoms with Crippen LogP contribution in [0.25, 0.3) is 22.3 Å². The van der Waals surface area contributed by atoms with Gasteiger partial charge in [0.25, 0.3) is 11.8 Å². The summed E-state index contributed by atoms with van der Waals surface area (Å²) < 4.78 is 27.7. The molecule has 1 atom stereocenters. The van der Waals surface area contributed by atoms with E-state index >= 15 is 0 Å². The Morgan fingerprint density at radius 3 is 2.58 bits per heavy atom. The number of likely N-dealkylation sites (tertiary alicyclic amines) is 1. The van der Waals surface area contributed by atoms with Gasteiger partial charge in [0.15, 0.2) is 0 Å². The highest BCUT2D eigenvalue weighted by Crippen LogP contribution is 2.40. The topological polar surface area (TPSA) is 66.3 Å². The maximum absolute atomic E-state index is 13.9. The quantitative estimate of drug-likeness (QED) is 0.571. The molecule has 1 aliphatic heterocycles. The number of rotatable bonds is 4. The van der Waals surface area contributed by atoms with Gasteiger partial charge in [-0.2, -0.15) is 0 Å². The SMILES string of the molecule is O=C(c1ccc(-c2cncc(-c3ccnc(C4CC4)c3)c2)c(Cl)c1)N1CCC(O)C(F)(F)C1. The Hall–Kier alpha value is -2.90. The number of aromatic nitrogens is 2. The van der Waals surface area contributed by atoms with Gasteiger partial charge in [0.1, 0.15) is 6.10 Å². The maximum Gasteiger partial charge on any atom is 0.290 e. The minimum atomic E-state index is -3.32. The monoisotopic (exact) mass is 469 g/mol. The van der Waals surface area contributed by atoms with Crippen molar-refractivity contribution in [2.45, 2.75) is 37.2 Å². The molecule has 5 rings (SSSR count). The fraction of sp³-hybridized carbons (Fsp3) is 0.320. The molecule has 2 aromatic heterocycles. The number of halogens is 3. The van der Waals surface area contributed by atoms with Crippen molar-refractivity contribution in [3.05, 3.63) is 71.3 Å². The minimum absolute atomic E-state index is 0.0652. The summed E-state index contributed by atoms with van der Waals surface area (Å²) in [6.07, 6.45) is 5.74. The fourth-order valence-corrected chi connectivity index (χ4v) is 4.43. The van der Waals surface area contributed by atoms with Crippen LogP contribution in [0.1, 0.15) is 41.2 Å². The second-order valence-corrected chi connectivity index (χ2v) is 9.10. The molecule has 33 heavy (non-hydrogen) atoms. The smallest absolute Gasteiger partial charge is 0.290 e. The Bertz CT molecular complexity index is 1220. The van der Waals surface area contributed by atoms with Crippen LogP contribution in [0.2, 0.25) is 5.02 Å². The predicted molar refractivity (Wildman–Crippen MR) is 121 cm³/mol. The van der Waals surface area contributed by atoms with Gasteiger partial charge in [0.2, 0.25) is 0 Å². The number of nitrogens with zero attached hydrogens (tertiary/aromatic N) is 3. The molecule has 1 N–H and O–H groups in total. The highest BCUT2D eigenvalue weighted by atomic mass is 35.5. The number of hydrogen-bond acceptors (Lipinski definition) is 4. The third-order valence-electron chi connectivity index (χ3n) is 6.22. The summed E-state index contributed by atoms with van der Waals surface area (Å²) in [6, 6.07) is 10.8. The molecule has 2 fully saturated rings. The molecule has 3 heterocycles. The highest BCUT2D eigenvalue weighted by molar-refractivity contribution is 6.33. The molecule has 1 saturated heterocycles. The average molecular weight is 470 g/mol. The first kappa shape index (κ1) is 21.9. The number of benzene rings is 1. The number of amides is 1. The second kappa shape index (κ2) is 8.47. The molecule has 0 spiro atoms. The molecule has 1 aliphatic carbocycles. The first-order valence-corrected chi connectivity index (χ1v) is 11.3. The van der Waals surface area contributed by atoms with Crippen molar-refractivity contribution >= 4 is 17.5 Å². The van der Waals surface area contributed by atoms with Crippen LogP contribution in [0.15, 0.2) is 55.0 Å². The lowest BCUT2D eigenvalue weighted by Crippen LogP contribution is -2.53. The highest BCUT2D eigenvalue weighted by Gasteiger charge is 2.45. The Morgan fingerprint density at radius 1 is 1.06 bits per heavy atom. The molecule has 1 amide bonds. The summed E-state index contributed by atoms with van der Waals surface area (Å²) in [7, 11) is 0. The molecule has 2 aliphatic rings. The van der Waals surface area contributed by atoms with E-state index in [0.717, 1.165) is 27.3 Å². The van der Waals surface area contributed by atoms with E-state index in [1.165, 1.54) is 18.9 Å². The summed E-state index contributed by atoms with van der Waals surface area (Å²) in [4.78, 5) is 22.6. The van der Waals surface area contributed by atoms with Gasteiger partial charge in [-0.15, -0.1) is 0 Å². The summed E-state index contributed by atoms with van der Waals surface area (Å²) >= 11 is 6.50. The van der Waals surface area contributed by atoms with Gasteiger partial charge in [-0.1, -0.05) is 17.7 Å². The summed E-state index contributed by atoms with van der Waals surface area (Å²) in [6.45, 7) is -0.747. The van der Waals surface area contributed by atoms with E-state index in [9.17, 15) is 18.7 Å². The third kappa shape index (κ3) is 4.48. The van der Waals surface area contributed by atoms with Crippen LogP contribution in [-0.2, 0) is 0 Å². The molecular formula is C25H22ClF2N3O2. The number of aliphatic hydroxyl groups excluding tert-OH is 1. The molecule has 5 nitrogen and oxygen atoms in total. The molecule has 1 aromatic carbocycles. The van der Waals surface area contributed by atoms with Crippen molar-refractivity contribution in [1.82, 2.24) is 14.9 Å². The number of hydrogen-bond donors (Lipinski definition) is 1. The van der Waals surface area contributed by atoms with Crippen LogP contribution < -0.4 is 0 Å². The van der Waals surface area contributed by atoms with Crippen molar-refractivity contribution < 1.29 is 18.7 Å². The lowest BCUT2D eigenvalue weighted by molar-refractivity contribution is -0.142. The zero-order valence-electron chi connectivity index (χ0n) is 17.7. The van der Waals surface area contributed by atoms with Crippen LogP contribution >= 0.6 is 11.6 Å². The van der Waals surface area contributed by atoms with Crippen molar-refractivity contribution in [1.29, 1.82) is 0 Å². The number of carbonyl (C=O) groups excluding carboxylic acids is 1. The third-order valence-corrected chi connectivity index (χ3v) is 6.54. The number of piperidine rings is 1. The Kier molecular flexibility index (Phi) is 5.62. The van der Waals surface area contributed by atoms with Crippen LogP contribution in [0.5, 0.6) is 0 Å². The Labute approximate surface area is 195 Å². The zero-order chi connectivity index (χ0) is 23.2. The predicted octanol–water partition coefficient (Wildman–Crippen LogP) is 5.18. The number of carbonyl (C=O) groups is 1. The van der Waals surface area contributed by atoms with Crippen molar-refractivity contribution in [2.75, 3.05) is 13.1 Å². The van der Waals surface area contributed by atoms with E-state index in [1.807, 2.05) is 18.3 Å². The normalized spacial score (nSPS) is 20.0. The average Bonchev–Trinajstić information content (AvgIpc) is 3.66. The number of alkyl halides is 2.